The summed E-state index contributed by atoms with van der Waals surface area (Å²) < 4.78 is 12.5. The Bertz CT molecular complexity index is 1310. The Labute approximate surface area is 171 Å². The van der Waals surface area contributed by atoms with Crippen molar-refractivity contribution in [3.05, 3.63) is 66.2 Å². The first-order chi connectivity index (χ1) is 14.7. The third kappa shape index (κ3) is 2.89. The number of anilines is 1. The van der Waals surface area contributed by atoms with Crippen LogP contribution in [-0.2, 0) is 13.1 Å². The molecule has 0 atom stereocenters. The number of benzene rings is 2. The largest absolute Gasteiger partial charge is 0.454 e. The molecular formula is C22H19N5O3. The number of para-hydroxylation sites is 2. The molecule has 0 saturated carbocycles. The highest BCUT2D eigenvalue weighted by Gasteiger charge is 2.23. The normalized spacial score (nSPS) is 12.4. The number of rotatable bonds is 5. The van der Waals surface area contributed by atoms with Gasteiger partial charge in [0.1, 0.15) is 16.9 Å². The molecule has 4 aromatic rings. The van der Waals surface area contributed by atoms with E-state index in [1.165, 1.54) is 0 Å². The van der Waals surface area contributed by atoms with Crippen LogP contribution in [0.25, 0.3) is 22.2 Å². The average molecular weight is 401 g/mol. The molecule has 150 valence electrons. The van der Waals surface area contributed by atoms with Crippen molar-refractivity contribution >= 4 is 33.9 Å². The van der Waals surface area contributed by atoms with Crippen molar-refractivity contribution in [2.45, 2.75) is 13.1 Å². The van der Waals surface area contributed by atoms with Crippen LogP contribution in [0.4, 0.5) is 5.82 Å². The number of nitrogen functional groups attached to an aromatic ring is 1. The van der Waals surface area contributed by atoms with Crippen molar-refractivity contribution in [2.75, 3.05) is 12.5 Å². The molecule has 8 nitrogen and oxygen atoms in total. The van der Waals surface area contributed by atoms with Gasteiger partial charge < -0.3 is 25.1 Å². The van der Waals surface area contributed by atoms with E-state index in [1.807, 2.05) is 42.5 Å². The summed E-state index contributed by atoms with van der Waals surface area (Å²) in [5.74, 6) is 1.36. The van der Waals surface area contributed by atoms with Crippen LogP contribution in [0.3, 0.4) is 0 Å². The molecule has 0 bridgehead atoms. The first-order valence-corrected chi connectivity index (χ1v) is 9.48. The van der Waals surface area contributed by atoms with Crippen LogP contribution in [0.15, 0.2) is 55.1 Å². The molecule has 0 aliphatic carbocycles. The van der Waals surface area contributed by atoms with Gasteiger partial charge in [-0.25, -0.2) is 9.97 Å². The summed E-state index contributed by atoms with van der Waals surface area (Å²) in [6.07, 6.45) is 1.71. The highest BCUT2D eigenvalue weighted by atomic mass is 16.7. The summed E-state index contributed by atoms with van der Waals surface area (Å²) in [6.45, 7) is 4.71. The number of hydrogen-bond acceptors (Lipinski definition) is 6. The second kappa shape index (κ2) is 7.07. The highest BCUT2D eigenvalue weighted by Crippen LogP contribution is 2.32. The molecule has 2 aromatic heterocycles. The Kier molecular flexibility index (Phi) is 4.24. The van der Waals surface area contributed by atoms with Crippen LogP contribution in [0.2, 0.25) is 0 Å². The highest BCUT2D eigenvalue weighted by molar-refractivity contribution is 6.10. The minimum atomic E-state index is -0.317. The van der Waals surface area contributed by atoms with E-state index in [1.54, 1.807) is 10.6 Å². The Morgan fingerprint density at radius 3 is 2.73 bits per heavy atom. The number of ether oxygens (including phenoxy) is 2. The van der Waals surface area contributed by atoms with E-state index >= 15 is 0 Å². The maximum Gasteiger partial charge on any atom is 0.257 e. The third-order valence-corrected chi connectivity index (χ3v) is 5.02. The number of nitrogens with two attached hydrogens (primary N) is 1. The molecular weight excluding hydrogens is 382 g/mol. The SMILES string of the molecule is C=CCn1c(N)c(C(=O)NCc2ccc3c(c2)OCO3)c2nc3ccccc3nc21. The maximum atomic E-state index is 13.1. The number of allylic oxidation sites excluding steroid dienone is 1. The van der Waals surface area contributed by atoms with Gasteiger partial charge in [-0.15, -0.1) is 6.58 Å². The zero-order chi connectivity index (χ0) is 20.7. The van der Waals surface area contributed by atoms with Crippen LogP contribution in [0.5, 0.6) is 11.5 Å². The fraction of sp³-hybridized carbons (Fsp3) is 0.136. The number of aromatic nitrogens is 3. The lowest BCUT2D eigenvalue weighted by molar-refractivity contribution is 0.0953. The number of carbonyl (C=O) groups is 1. The molecule has 5 rings (SSSR count). The second-order valence-corrected chi connectivity index (χ2v) is 6.91. The first-order valence-electron chi connectivity index (χ1n) is 9.48. The Hall–Kier alpha value is -4.07. The Morgan fingerprint density at radius 2 is 1.93 bits per heavy atom. The van der Waals surface area contributed by atoms with E-state index in [2.05, 4.69) is 21.9 Å². The lowest BCUT2D eigenvalue weighted by Crippen LogP contribution is -2.24. The van der Waals surface area contributed by atoms with Gasteiger partial charge in [0.15, 0.2) is 17.1 Å². The standard InChI is InChI=1S/C22H19N5O3/c1-2-9-27-20(23)18(19-21(27)26-15-6-4-3-5-14(15)25-19)22(28)24-11-13-7-8-16-17(10-13)30-12-29-16/h2-8,10H,1,9,11-12,23H2,(H,24,28). The van der Waals surface area contributed by atoms with Crippen molar-refractivity contribution in [3.63, 3.8) is 0 Å². The molecule has 1 amide bonds. The molecule has 1 aliphatic heterocycles. The number of hydrogen-bond donors (Lipinski definition) is 2. The van der Waals surface area contributed by atoms with Crippen molar-refractivity contribution < 1.29 is 14.3 Å². The number of fused-ring (bicyclic) bond motifs is 3. The molecule has 2 aromatic carbocycles. The summed E-state index contributed by atoms with van der Waals surface area (Å²) >= 11 is 0. The maximum absolute atomic E-state index is 13.1. The average Bonchev–Trinajstić information content (AvgIpc) is 3.33. The lowest BCUT2D eigenvalue weighted by Gasteiger charge is -2.07. The van der Waals surface area contributed by atoms with Crippen molar-refractivity contribution in [1.29, 1.82) is 0 Å². The van der Waals surface area contributed by atoms with Crippen molar-refractivity contribution in [3.8, 4) is 11.5 Å². The van der Waals surface area contributed by atoms with E-state index in [0.717, 1.165) is 11.1 Å². The number of nitrogens with zero attached hydrogens (tertiary/aromatic N) is 3. The zero-order valence-electron chi connectivity index (χ0n) is 16.1. The molecule has 3 N–H and O–H groups in total. The fourth-order valence-electron chi connectivity index (χ4n) is 3.58. The number of carbonyl (C=O) groups excluding carboxylic acids is 1. The number of amides is 1. The minimum Gasteiger partial charge on any atom is -0.454 e. The Morgan fingerprint density at radius 1 is 1.17 bits per heavy atom. The van der Waals surface area contributed by atoms with Gasteiger partial charge in [-0.05, 0) is 29.8 Å². The van der Waals surface area contributed by atoms with Crippen molar-refractivity contribution in [1.82, 2.24) is 19.9 Å². The monoisotopic (exact) mass is 401 g/mol. The molecule has 0 spiro atoms. The first kappa shape index (κ1) is 18.0. The van der Waals surface area contributed by atoms with Gasteiger partial charge in [0.2, 0.25) is 6.79 Å². The molecule has 3 heterocycles. The van der Waals surface area contributed by atoms with E-state index in [4.69, 9.17) is 15.2 Å². The van der Waals surface area contributed by atoms with E-state index in [-0.39, 0.29) is 12.7 Å². The lowest BCUT2D eigenvalue weighted by atomic mass is 10.2. The van der Waals surface area contributed by atoms with Crippen LogP contribution in [0, 0.1) is 0 Å². The summed E-state index contributed by atoms with van der Waals surface area (Å²) in [5, 5.41) is 2.92. The molecule has 0 saturated heterocycles. The van der Waals surface area contributed by atoms with Crippen LogP contribution in [-0.4, -0.2) is 27.2 Å². The van der Waals surface area contributed by atoms with Gasteiger partial charge >= 0.3 is 0 Å². The molecule has 0 radical (unpaired) electrons. The fourth-order valence-corrected chi connectivity index (χ4v) is 3.58. The molecule has 0 unspecified atom stereocenters. The van der Waals surface area contributed by atoms with Gasteiger partial charge in [0.05, 0.1) is 11.0 Å². The third-order valence-electron chi connectivity index (χ3n) is 5.02. The summed E-state index contributed by atoms with van der Waals surface area (Å²) in [4.78, 5) is 22.4. The zero-order valence-corrected chi connectivity index (χ0v) is 16.1. The molecule has 1 aliphatic rings. The number of nitrogens with one attached hydrogen (secondary N) is 1. The van der Waals surface area contributed by atoms with Crippen LogP contribution in [0.1, 0.15) is 15.9 Å². The quantitative estimate of drug-likeness (QED) is 0.498. The van der Waals surface area contributed by atoms with E-state index in [0.29, 0.717) is 52.7 Å². The Balaban J connectivity index is 1.52. The van der Waals surface area contributed by atoms with Gasteiger partial charge in [-0.2, -0.15) is 0 Å². The summed E-state index contributed by atoms with van der Waals surface area (Å²) in [7, 11) is 0. The van der Waals surface area contributed by atoms with Gasteiger partial charge in [0, 0.05) is 13.1 Å². The smallest absolute Gasteiger partial charge is 0.257 e. The van der Waals surface area contributed by atoms with E-state index in [9.17, 15) is 4.79 Å². The molecule has 0 fully saturated rings. The second-order valence-electron chi connectivity index (χ2n) is 6.91. The van der Waals surface area contributed by atoms with Crippen LogP contribution >= 0.6 is 0 Å². The molecule has 30 heavy (non-hydrogen) atoms. The summed E-state index contributed by atoms with van der Waals surface area (Å²) in [5.41, 5.74) is 10.0. The predicted molar refractivity (Wildman–Crippen MR) is 113 cm³/mol. The molecule has 8 heteroatoms. The van der Waals surface area contributed by atoms with Gasteiger partial charge in [-0.1, -0.05) is 24.3 Å². The van der Waals surface area contributed by atoms with Gasteiger partial charge in [0.25, 0.3) is 5.91 Å². The predicted octanol–water partition coefficient (Wildman–Crippen LogP) is 3.01. The van der Waals surface area contributed by atoms with E-state index < -0.39 is 0 Å². The minimum absolute atomic E-state index is 0.205. The van der Waals surface area contributed by atoms with Gasteiger partial charge in [-0.3, -0.25) is 4.79 Å². The summed E-state index contributed by atoms with van der Waals surface area (Å²) in [6, 6.07) is 13.1. The van der Waals surface area contributed by atoms with Crippen LogP contribution < -0.4 is 20.5 Å². The van der Waals surface area contributed by atoms with Crippen molar-refractivity contribution in [2.24, 2.45) is 0 Å². The topological polar surface area (TPSA) is 104 Å².